The fraction of sp³-hybridized carbons (Fsp3) is 0.259. The van der Waals surface area contributed by atoms with E-state index in [0.717, 1.165) is 37.6 Å². The number of rotatable bonds is 8. The van der Waals surface area contributed by atoms with E-state index in [9.17, 15) is 19.2 Å². The monoisotopic (exact) mass is 567 g/mol. The minimum absolute atomic E-state index is 0.00121. The Morgan fingerprint density at radius 1 is 1.03 bits per heavy atom. The summed E-state index contributed by atoms with van der Waals surface area (Å²) in [7, 11) is 0. The van der Waals surface area contributed by atoms with Crippen LogP contribution in [-0.2, 0) is 16.1 Å². The van der Waals surface area contributed by atoms with Crippen molar-refractivity contribution in [3.8, 4) is 0 Å². The lowest BCUT2D eigenvalue weighted by Crippen LogP contribution is -2.33. The van der Waals surface area contributed by atoms with E-state index in [0.29, 0.717) is 24.2 Å². The first-order valence-electron chi connectivity index (χ1n) is 11.6. The second kappa shape index (κ2) is 10.8. The summed E-state index contributed by atoms with van der Waals surface area (Å²) in [5.74, 6) is -0.795. The first-order chi connectivity index (χ1) is 17.2. The van der Waals surface area contributed by atoms with Gasteiger partial charge in [0.25, 0.3) is 11.1 Å². The number of amides is 3. The summed E-state index contributed by atoms with van der Waals surface area (Å²) in [5.41, 5.74) is 3.03. The summed E-state index contributed by atoms with van der Waals surface area (Å²) in [6.45, 7) is 6.92. The number of carbonyl (C=O) groups excluding carboxylic acids is 4. The van der Waals surface area contributed by atoms with Crippen molar-refractivity contribution >= 4 is 67.5 Å². The Labute approximate surface area is 222 Å². The van der Waals surface area contributed by atoms with Crippen LogP contribution in [0.4, 0.5) is 4.79 Å². The lowest BCUT2D eigenvalue weighted by Gasteiger charge is -2.19. The van der Waals surface area contributed by atoms with E-state index in [4.69, 9.17) is 0 Å². The predicted molar refractivity (Wildman–Crippen MR) is 146 cm³/mol. The highest BCUT2D eigenvalue weighted by molar-refractivity contribution is 9.10. The number of thioether (sulfide) groups is 1. The molecular weight excluding hydrogens is 542 g/mol. The van der Waals surface area contributed by atoms with Gasteiger partial charge in [-0.25, -0.2) is 0 Å². The number of Topliss-reactive ketones (excluding diaryl/α,β-unsaturated/α-hetero) is 1. The molecule has 4 rings (SSSR count). The third-order valence-electron chi connectivity index (χ3n) is 6.13. The van der Waals surface area contributed by atoms with Gasteiger partial charge in [0.2, 0.25) is 5.91 Å². The van der Waals surface area contributed by atoms with E-state index in [-0.39, 0.29) is 29.7 Å². The molecule has 1 saturated heterocycles. The number of hydrogen-bond donors (Lipinski definition) is 0. The summed E-state index contributed by atoms with van der Waals surface area (Å²) in [6.07, 6.45) is 3.48. The molecule has 7 nitrogen and oxygen atoms in total. The van der Waals surface area contributed by atoms with Crippen molar-refractivity contribution in [1.82, 2.24) is 14.4 Å². The number of halogens is 1. The zero-order chi connectivity index (χ0) is 26.0. The quantitative estimate of drug-likeness (QED) is 0.265. The number of fused-ring (bicyclic) bond motifs is 1. The molecule has 0 aliphatic carbocycles. The Morgan fingerprint density at radius 2 is 1.72 bits per heavy atom. The average Bonchev–Trinajstić information content (AvgIpc) is 3.31. The van der Waals surface area contributed by atoms with Gasteiger partial charge in [-0.2, -0.15) is 0 Å². The lowest BCUT2D eigenvalue weighted by atomic mass is 10.1. The molecule has 0 unspecified atom stereocenters. The first-order valence-corrected chi connectivity index (χ1v) is 13.2. The molecule has 36 heavy (non-hydrogen) atoms. The minimum Gasteiger partial charge on any atom is -0.342 e. The SMILES string of the molecule is CCN(CC)C(=O)Cn1cc(/C=C2\SC(=O)N(CC(=O)c3ccc(C)cc3)C2=O)c2cc(Br)ccc21. The number of imide groups is 1. The largest absolute Gasteiger partial charge is 0.342 e. The highest BCUT2D eigenvalue weighted by Crippen LogP contribution is 2.35. The van der Waals surface area contributed by atoms with Gasteiger partial charge in [-0.05, 0) is 56.8 Å². The molecule has 2 aromatic carbocycles. The molecule has 1 fully saturated rings. The maximum absolute atomic E-state index is 13.1. The molecule has 0 saturated carbocycles. The third-order valence-corrected chi connectivity index (χ3v) is 7.53. The standard InChI is InChI=1S/C27H26BrN3O4S/c1-4-29(5-2)25(33)16-30-14-19(21-13-20(28)10-11-22(21)30)12-24-26(34)31(27(35)36-24)15-23(32)18-8-6-17(3)7-9-18/h6-14H,4-5,15-16H2,1-3H3/b24-12-. The molecule has 1 aromatic heterocycles. The van der Waals surface area contributed by atoms with Gasteiger partial charge >= 0.3 is 0 Å². The van der Waals surface area contributed by atoms with Crippen LogP contribution in [0, 0.1) is 6.92 Å². The Balaban J connectivity index is 1.62. The van der Waals surface area contributed by atoms with Crippen molar-refractivity contribution in [2.45, 2.75) is 27.3 Å². The smallest absolute Gasteiger partial charge is 0.293 e. The van der Waals surface area contributed by atoms with E-state index >= 15 is 0 Å². The Morgan fingerprint density at radius 3 is 2.39 bits per heavy atom. The predicted octanol–water partition coefficient (Wildman–Crippen LogP) is 5.50. The maximum atomic E-state index is 13.1. The number of aryl methyl sites for hydroxylation is 1. The molecule has 3 aromatic rings. The number of nitrogens with zero attached hydrogens (tertiary/aromatic N) is 3. The molecule has 1 aliphatic rings. The molecular formula is C27H26BrN3O4S. The van der Waals surface area contributed by atoms with Gasteiger partial charge in [0.05, 0.1) is 11.4 Å². The lowest BCUT2D eigenvalue weighted by molar-refractivity contribution is -0.131. The Bertz CT molecular complexity index is 1390. The number of likely N-dealkylation sites (N-methyl/N-ethyl adjacent to an activating group) is 1. The van der Waals surface area contributed by atoms with Gasteiger partial charge in [-0.15, -0.1) is 0 Å². The number of benzene rings is 2. The van der Waals surface area contributed by atoms with Crippen molar-refractivity contribution < 1.29 is 19.2 Å². The van der Waals surface area contributed by atoms with E-state index in [1.165, 1.54) is 0 Å². The van der Waals surface area contributed by atoms with Crippen molar-refractivity contribution in [3.05, 3.63) is 74.7 Å². The van der Waals surface area contributed by atoms with Crippen molar-refractivity contribution in [2.24, 2.45) is 0 Å². The second-order valence-electron chi connectivity index (χ2n) is 8.50. The molecule has 2 heterocycles. The van der Waals surface area contributed by atoms with Gasteiger partial charge in [0, 0.05) is 45.8 Å². The second-order valence-corrected chi connectivity index (χ2v) is 10.4. The normalized spacial score (nSPS) is 14.8. The maximum Gasteiger partial charge on any atom is 0.293 e. The van der Waals surface area contributed by atoms with Gasteiger partial charge in [-0.1, -0.05) is 45.8 Å². The summed E-state index contributed by atoms with van der Waals surface area (Å²) in [5, 5.41) is 0.368. The average molecular weight is 568 g/mol. The zero-order valence-corrected chi connectivity index (χ0v) is 22.7. The fourth-order valence-corrected chi connectivity index (χ4v) is 5.31. The first kappa shape index (κ1) is 25.9. The van der Waals surface area contributed by atoms with Crippen LogP contribution in [0.15, 0.2) is 58.0 Å². The van der Waals surface area contributed by atoms with E-state index in [1.54, 1.807) is 23.1 Å². The molecule has 0 spiro atoms. The summed E-state index contributed by atoms with van der Waals surface area (Å²) < 4.78 is 2.72. The third kappa shape index (κ3) is 5.32. The molecule has 186 valence electrons. The van der Waals surface area contributed by atoms with Crippen LogP contribution in [0.1, 0.15) is 35.3 Å². The zero-order valence-electron chi connectivity index (χ0n) is 20.3. The van der Waals surface area contributed by atoms with Crippen LogP contribution in [0.5, 0.6) is 0 Å². The van der Waals surface area contributed by atoms with Gasteiger partial charge in [0.15, 0.2) is 5.78 Å². The van der Waals surface area contributed by atoms with E-state index in [1.807, 2.05) is 61.9 Å². The van der Waals surface area contributed by atoms with Crippen molar-refractivity contribution in [1.29, 1.82) is 0 Å². The number of aromatic nitrogens is 1. The van der Waals surface area contributed by atoms with Gasteiger partial charge < -0.3 is 9.47 Å². The number of hydrogen-bond acceptors (Lipinski definition) is 5. The van der Waals surface area contributed by atoms with Crippen LogP contribution < -0.4 is 0 Å². The Hall–Kier alpha value is -3.17. The highest BCUT2D eigenvalue weighted by atomic mass is 79.9. The number of carbonyl (C=O) groups is 4. The molecule has 3 amide bonds. The fourth-order valence-electron chi connectivity index (χ4n) is 4.12. The molecule has 0 radical (unpaired) electrons. The van der Waals surface area contributed by atoms with Gasteiger partial charge in [-0.3, -0.25) is 24.1 Å². The van der Waals surface area contributed by atoms with E-state index in [2.05, 4.69) is 15.9 Å². The molecule has 1 aliphatic heterocycles. The van der Waals surface area contributed by atoms with Gasteiger partial charge in [0.1, 0.15) is 6.54 Å². The molecule has 0 N–H and O–H groups in total. The van der Waals surface area contributed by atoms with E-state index < -0.39 is 11.1 Å². The molecule has 0 atom stereocenters. The highest BCUT2D eigenvalue weighted by Gasteiger charge is 2.36. The van der Waals surface area contributed by atoms with Crippen LogP contribution in [0.3, 0.4) is 0 Å². The van der Waals surface area contributed by atoms with Crippen molar-refractivity contribution in [3.63, 3.8) is 0 Å². The van der Waals surface area contributed by atoms with Crippen molar-refractivity contribution in [2.75, 3.05) is 19.6 Å². The summed E-state index contributed by atoms with van der Waals surface area (Å²) >= 11 is 4.31. The van der Waals surface area contributed by atoms with Crippen LogP contribution in [0.25, 0.3) is 17.0 Å². The molecule has 0 bridgehead atoms. The van der Waals surface area contributed by atoms with Crippen LogP contribution in [-0.4, -0.2) is 56.8 Å². The van der Waals surface area contributed by atoms with Crippen LogP contribution >= 0.6 is 27.7 Å². The Kier molecular flexibility index (Phi) is 7.80. The molecule has 9 heteroatoms. The van der Waals surface area contributed by atoms with Crippen LogP contribution in [0.2, 0.25) is 0 Å². The summed E-state index contributed by atoms with van der Waals surface area (Å²) in [4.78, 5) is 54.1. The topological polar surface area (TPSA) is 79.7 Å². The summed E-state index contributed by atoms with van der Waals surface area (Å²) in [6, 6.07) is 12.8. The minimum atomic E-state index is -0.499. The number of ketones is 1.